The highest BCUT2D eigenvalue weighted by Gasteiger charge is 1.70. The van der Waals surface area contributed by atoms with Crippen LogP contribution in [0, 0.1) is 0 Å². The molecule has 0 rings (SSSR count). The zero-order valence-corrected chi connectivity index (χ0v) is 4.61. The van der Waals surface area contributed by atoms with Gasteiger partial charge in [0.25, 0.3) is 0 Å². The monoisotopic (exact) mass is 160 g/mol. The molecule has 0 bridgehead atoms. The number of carbonyl (C=O) groups is 2. The van der Waals surface area contributed by atoms with Crippen LogP contribution in [0.3, 0.4) is 0 Å². The molecule has 0 radical (unpaired) electrons. The summed E-state index contributed by atoms with van der Waals surface area (Å²) < 4.78 is 0. The Morgan fingerprint density at radius 1 is 0.700 bits per heavy atom. The summed E-state index contributed by atoms with van der Waals surface area (Å²) in [7, 11) is 0. The topological polar surface area (TPSA) is 178 Å². The van der Waals surface area contributed by atoms with Gasteiger partial charge in [-0.25, -0.2) is 9.59 Å². The fourth-order valence-corrected chi connectivity index (χ4v) is 0. The smallest absolute Gasteiger partial charge is 0.450 e. The molecule has 0 unspecified atom stereocenters. The molecule has 0 aliphatic rings. The summed E-state index contributed by atoms with van der Waals surface area (Å²) in [5, 5.41) is 27.9. The maximum absolute atomic E-state index is 8.56. The second-order valence-corrected chi connectivity index (χ2v) is 0.565. The van der Waals surface area contributed by atoms with Crippen molar-refractivity contribution in [3.05, 3.63) is 0 Å². The van der Waals surface area contributed by atoms with E-state index < -0.39 is 12.3 Å². The van der Waals surface area contributed by atoms with Gasteiger partial charge in [0, 0.05) is 0 Å². The Labute approximate surface area is 54.6 Å². The molecule has 0 saturated heterocycles. The Bertz CT molecular complexity index is 65.3. The molecule has 0 atom stereocenters. The Kier molecular flexibility index (Phi) is 37.0. The summed E-state index contributed by atoms with van der Waals surface area (Å²) in [4.78, 5) is 17.1. The third-order valence-electron chi connectivity index (χ3n) is 0. The molecule has 0 amide bonds. The summed E-state index contributed by atoms with van der Waals surface area (Å²) in [6.45, 7) is 0. The van der Waals surface area contributed by atoms with Gasteiger partial charge in [0.15, 0.2) is 0 Å². The van der Waals surface area contributed by atoms with Crippen LogP contribution in [0.5, 0.6) is 0 Å². The average molecular weight is 160 g/mol. The first kappa shape index (κ1) is 23.7. The van der Waals surface area contributed by atoms with Crippen LogP contribution in [0.2, 0.25) is 0 Å². The van der Waals surface area contributed by atoms with Gasteiger partial charge in [-0.05, 0) is 0 Å². The van der Waals surface area contributed by atoms with Gasteiger partial charge < -0.3 is 31.4 Å². The van der Waals surface area contributed by atoms with E-state index in [9.17, 15) is 0 Å². The molecular formula is C2H8O8. The van der Waals surface area contributed by atoms with Crippen LogP contribution in [0.4, 0.5) is 9.59 Å². The van der Waals surface area contributed by atoms with Gasteiger partial charge in [-0.3, -0.25) is 0 Å². The Morgan fingerprint density at radius 3 is 0.700 bits per heavy atom. The fourth-order valence-electron chi connectivity index (χ4n) is 0. The van der Waals surface area contributed by atoms with Crippen LogP contribution in [0.1, 0.15) is 0 Å². The van der Waals surface area contributed by atoms with Crippen LogP contribution in [-0.2, 0) is 0 Å². The van der Waals surface area contributed by atoms with Crippen LogP contribution >= 0.6 is 0 Å². The summed E-state index contributed by atoms with van der Waals surface area (Å²) in [6.07, 6.45) is -3.67. The van der Waals surface area contributed by atoms with Crippen molar-refractivity contribution in [1.29, 1.82) is 0 Å². The molecule has 8 heteroatoms. The van der Waals surface area contributed by atoms with Crippen molar-refractivity contribution in [2.75, 3.05) is 0 Å². The third kappa shape index (κ3) is 81.2. The first-order valence-corrected chi connectivity index (χ1v) is 1.30. The Hall–Kier alpha value is -1.54. The van der Waals surface area contributed by atoms with E-state index >= 15 is 0 Å². The molecule has 0 saturated carbocycles. The van der Waals surface area contributed by atoms with E-state index in [2.05, 4.69) is 0 Å². The fraction of sp³-hybridized carbons (Fsp3) is 0. The summed E-state index contributed by atoms with van der Waals surface area (Å²) in [5.41, 5.74) is 0. The molecular weight excluding hydrogens is 152 g/mol. The summed E-state index contributed by atoms with van der Waals surface area (Å²) in [5.74, 6) is 0. The number of carboxylic acid groups (broad SMARTS) is 4. The van der Waals surface area contributed by atoms with Crippen LogP contribution in [-0.4, -0.2) is 43.7 Å². The lowest BCUT2D eigenvalue weighted by atomic mass is 11.5. The first-order chi connectivity index (χ1) is 3.46. The van der Waals surface area contributed by atoms with E-state index in [1.54, 1.807) is 0 Å². The molecule has 0 aliphatic heterocycles. The number of hydrogen-bond acceptors (Lipinski definition) is 2. The largest absolute Gasteiger partial charge is 0.503 e. The van der Waals surface area contributed by atoms with E-state index in [-0.39, 0.29) is 11.0 Å². The van der Waals surface area contributed by atoms with Crippen LogP contribution < -0.4 is 0 Å². The molecule has 0 aromatic carbocycles. The molecule has 0 aromatic heterocycles. The molecule has 0 aliphatic carbocycles. The minimum absolute atomic E-state index is 0. The van der Waals surface area contributed by atoms with Crippen molar-refractivity contribution in [1.82, 2.24) is 0 Å². The molecule has 0 aromatic rings. The van der Waals surface area contributed by atoms with Crippen molar-refractivity contribution in [2.45, 2.75) is 0 Å². The molecule has 8 nitrogen and oxygen atoms in total. The molecule has 10 heavy (non-hydrogen) atoms. The number of rotatable bonds is 0. The second kappa shape index (κ2) is 15.7. The maximum Gasteiger partial charge on any atom is 0.503 e. The molecule has 0 heterocycles. The Balaban J connectivity index is -0.0000000300. The van der Waals surface area contributed by atoms with Crippen LogP contribution in [0.15, 0.2) is 0 Å². The second-order valence-electron chi connectivity index (χ2n) is 0.565. The normalized spacial score (nSPS) is 4.80. The maximum atomic E-state index is 8.56. The zero-order valence-electron chi connectivity index (χ0n) is 4.61. The molecule has 8 N–H and O–H groups in total. The average Bonchev–Trinajstić information content (AvgIpc) is 1.25. The standard InChI is InChI=1S/2CH2O3.2H2O/c2*2-1(3)4;;/h2*(H2,2,3,4);2*1H2. The summed E-state index contributed by atoms with van der Waals surface area (Å²) >= 11 is 0. The minimum Gasteiger partial charge on any atom is -0.450 e. The van der Waals surface area contributed by atoms with Crippen molar-refractivity contribution in [3.8, 4) is 0 Å². The highest BCUT2D eigenvalue weighted by Crippen LogP contribution is 1.43. The van der Waals surface area contributed by atoms with E-state index in [0.717, 1.165) is 0 Å². The molecule has 0 spiro atoms. The lowest BCUT2D eigenvalue weighted by Gasteiger charge is -1.60. The van der Waals surface area contributed by atoms with Crippen molar-refractivity contribution in [3.63, 3.8) is 0 Å². The van der Waals surface area contributed by atoms with Gasteiger partial charge in [-0.2, -0.15) is 0 Å². The van der Waals surface area contributed by atoms with Crippen molar-refractivity contribution >= 4 is 12.3 Å². The van der Waals surface area contributed by atoms with E-state index in [4.69, 9.17) is 30.0 Å². The highest BCUT2D eigenvalue weighted by atomic mass is 16.6. The predicted molar refractivity (Wildman–Crippen MR) is 28.5 cm³/mol. The highest BCUT2D eigenvalue weighted by molar-refractivity contribution is 5.53. The number of hydrogen-bond donors (Lipinski definition) is 4. The lowest BCUT2D eigenvalue weighted by molar-refractivity contribution is 0.135. The van der Waals surface area contributed by atoms with E-state index in [1.165, 1.54) is 0 Å². The van der Waals surface area contributed by atoms with Crippen molar-refractivity contribution < 1.29 is 41.0 Å². The first-order valence-electron chi connectivity index (χ1n) is 1.30. The van der Waals surface area contributed by atoms with Gasteiger partial charge in [0.1, 0.15) is 0 Å². The van der Waals surface area contributed by atoms with Gasteiger partial charge in [0.2, 0.25) is 0 Å². The van der Waals surface area contributed by atoms with Gasteiger partial charge >= 0.3 is 12.3 Å². The predicted octanol–water partition coefficient (Wildman–Crippen LogP) is -1.20. The molecule has 64 valence electrons. The lowest BCUT2D eigenvalue weighted by Crippen LogP contribution is -1.81. The zero-order chi connectivity index (χ0) is 7.15. The third-order valence-corrected chi connectivity index (χ3v) is 0. The van der Waals surface area contributed by atoms with Crippen LogP contribution in [0.25, 0.3) is 0 Å². The Morgan fingerprint density at radius 2 is 0.700 bits per heavy atom. The van der Waals surface area contributed by atoms with E-state index in [1.807, 2.05) is 0 Å². The SMILES string of the molecule is O.O.O=C(O)O.O=C(O)O. The minimum atomic E-state index is -1.83. The van der Waals surface area contributed by atoms with Gasteiger partial charge in [0.05, 0.1) is 0 Å². The van der Waals surface area contributed by atoms with Gasteiger partial charge in [-0.15, -0.1) is 0 Å². The molecule has 0 fully saturated rings. The van der Waals surface area contributed by atoms with Gasteiger partial charge in [-0.1, -0.05) is 0 Å². The van der Waals surface area contributed by atoms with E-state index in [0.29, 0.717) is 0 Å². The quantitative estimate of drug-likeness (QED) is 0.345. The van der Waals surface area contributed by atoms with Crippen molar-refractivity contribution in [2.24, 2.45) is 0 Å². The summed E-state index contributed by atoms with van der Waals surface area (Å²) in [6, 6.07) is 0.